The first-order valence-corrected chi connectivity index (χ1v) is 8.08. The predicted molar refractivity (Wildman–Crippen MR) is 86.0 cm³/mol. The van der Waals surface area contributed by atoms with E-state index in [1.165, 1.54) is 12.8 Å². The van der Waals surface area contributed by atoms with Gasteiger partial charge >= 0.3 is 0 Å². The van der Waals surface area contributed by atoms with E-state index in [1.807, 2.05) is 11.9 Å². The molecule has 0 unspecified atom stereocenters. The summed E-state index contributed by atoms with van der Waals surface area (Å²) >= 11 is 0. The molecule has 1 aliphatic rings. The van der Waals surface area contributed by atoms with Crippen molar-refractivity contribution in [3.8, 4) is 0 Å². The highest BCUT2D eigenvalue weighted by Crippen LogP contribution is 2.30. The molecule has 0 spiro atoms. The van der Waals surface area contributed by atoms with Crippen molar-refractivity contribution in [2.24, 2.45) is 5.92 Å². The predicted octanol–water partition coefficient (Wildman–Crippen LogP) is 3.73. The van der Waals surface area contributed by atoms with Gasteiger partial charge in [-0.15, -0.1) is 0 Å². The number of aromatic nitrogens is 1. The Morgan fingerprint density at radius 1 is 1.33 bits per heavy atom. The second kappa shape index (κ2) is 7.21. The number of halogens is 1. The summed E-state index contributed by atoms with van der Waals surface area (Å²) in [6.45, 7) is 6.98. The van der Waals surface area contributed by atoms with Crippen molar-refractivity contribution in [2.45, 2.75) is 65.1 Å². The first-order valence-electron chi connectivity index (χ1n) is 8.08. The molecule has 4 heteroatoms. The Labute approximate surface area is 127 Å². The molecule has 0 bridgehead atoms. The van der Waals surface area contributed by atoms with Gasteiger partial charge in [0.2, 0.25) is 0 Å². The lowest BCUT2D eigenvalue weighted by molar-refractivity contribution is 0.338. The Morgan fingerprint density at radius 2 is 2.00 bits per heavy atom. The molecule has 1 N–H and O–H groups in total. The first-order chi connectivity index (χ1) is 9.99. The van der Waals surface area contributed by atoms with Crippen molar-refractivity contribution in [3.05, 3.63) is 23.6 Å². The van der Waals surface area contributed by atoms with Gasteiger partial charge in [-0.1, -0.05) is 20.8 Å². The van der Waals surface area contributed by atoms with Crippen LogP contribution >= 0.6 is 0 Å². The summed E-state index contributed by atoms with van der Waals surface area (Å²) in [6, 6.07) is 2.53. The molecule has 21 heavy (non-hydrogen) atoms. The highest BCUT2D eigenvalue weighted by atomic mass is 19.1. The molecule has 118 valence electrons. The third-order valence-corrected chi connectivity index (χ3v) is 4.52. The number of rotatable bonds is 5. The lowest BCUT2D eigenvalue weighted by Crippen LogP contribution is -2.36. The maximum Gasteiger partial charge on any atom is 0.170 e. The Kier molecular flexibility index (Phi) is 5.57. The number of pyridine rings is 1. The fourth-order valence-corrected chi connectivity index (χ4v) is 2.97. The minimum Gasteiger partial charge on any atom is -0.354 e. The molecular weight excluding hydrogens is 265 g/mol. The van der Waals surface area contributed by atoms with Gasteiger partial charge in [-0.3, -0.25) is 0 Å². The zero-order chi connectivity index (χ0) is 15.4. The SMILES string of the molecule is CC1CCC(N(C)c2nccc(CNC(C)C)c2F)CC1. The van der Waals surface area contributed by atoms with E-state index in [4.69, 9.17) is 0 Å². The van der Waals surface area contributed by atoms with Crippen molar-refractivity contribution >= 4 is 5.82 Å². The van der Waals surface area contributed by atoms with Crippen molar-refractivity contribution < 1.29 is 4.39 Å². The van der Waals surface area contributed by atoms with Gasteiger partial charge < -0.3 is 10.2 Å². The molecule has 2 rings (SSSR count). The summed E-state index contributed by atoms with van der Waals surface area (Å²) in [4.78, 5) is 6.33. The highest BCUT2D eigenvalue weighted by Gasteiger charge is 2.24. The minimum absolute atomic E-state index is 0.174. The maximum absolute atomic E-state index is 14.7. The Hall–Kier alpha value is -1.16. The molecule has 1 aliphatic carbocycles. The molecule has 1 heterocycles. The van der Waals surface area contributed by atoms with Crippen LogP contribution in [0, 0.1) is 11.7 Å². The monoisotopic (exact) mass is 293 g/mol. The summed E-state index contributed by atoms with van der Waals surface area (Å²) in [6.07, 6.45) is 6.44. The van der Waals surface area contributed by atoms with E-state index >= 15 is 0 Å². The van der Waals surface area contributed by atoms with Crippen LogP contribution in [0.4, 0.5) is 10.2 Å². The molecule has 0 aliphatic heterocycles. The fourth-order valence-electron chi connectivity index (χ4n) is 2.97. The van der Waals surface area contributed by atoms with Gasteiger partial charge in [0.15, 0.2) is 11.6 Å². The molecule has 0 radical (unpaired) electrons. The van der Waals surface area contributed by atoms with Crippen LogP contribution in [0.3, 0.4) is 0 Å². The molecule has 1 fully saturated rings. The molecule has 1 aromatic heterocycles. The van der Waals surface area contributed by atoms with E-state index in [1.54, 1.807) is 12.3 Å². The van der Waals surface area contributed by atoms with Crippen LogP contribution in [-0.4, -0.2) is 24.1 Å². The van der Waals surface area contributed by atoms with Gasteiger partial charge in [0.25, 0.3) is 0 Å². The minimum atomic E-state index is -0.174. The number of hydrogen-bond donors (Lipinski definition) is 1. The van der Waals surface area contributed by atoms with Crippen LogP contribution in [0.15, 0.2) is 12.3 Å². The summed E-state index contributed by atoms with van der Waals surface area (Å²) in [5, 5.41) is 3.27. The van der Waals surface area contributed by atoms with Gasteiger partial charge in [-0.2, -0.15) is 0 Å². The van der Waals surface area contributed by atoms with E-state index in [0.717, 1.165) is 18.8 Å². The van der Waals surface area contributed by atoms with Crippen molar-refractivity contribution in [1.29, 1.82) is 0 Å². The normalized spacial score (nSPS) is 22.6. The number of nitrogens with one attached hydrogen (secondary N) is 1. The van der Waals surface area contributed by atoms with Crippen LogP contribution in [-0.2, 0) is 6.54 Å². The average molecular weight is 293 g/mol. The van der Waals surface area contributed by atoms with Gasteiger partial charge in [0.05, 0.1) is 0 Å². The van der Waals surface area contributed by atoms with Gasteiger partial charge in [0.1, 0.15) is 0 Å². The van der Waals surface area contributed by atoms with Gasteiger partial charge in [0, 0.05) is 37.4 Å². The van der Waals surface area contributed by atoms with E-state index in [2.05, 4.69) is 31.1 Å². The lowest BCUT2D eigenvalue weighted by Gasteiger charge is -2.34. The molecule has 1 saturated carbocycles. The maximum atomic E-state index is 14.7. The van der Waals surface area contributed by atoms with E-state index < -0.39 is 0 Å². The topological polar surface area (TPSA) is 28.2 Å². The average Bonchev–Trinajstić information content (AvgIpc) is 2.46. The Balaban J connectivity index is 2.10. The number of anilines is 1. The van der Waals surface area contributed by atoms with Crippen LogP contribution in [0.1, 0.15) is 52.0 Å². The number of nitrogens with zero attached hydrogens (tertiary/aromatic N) is 2. The second-order valence-corrected chi connectivity index (χ2v) is 6.67. The van der Waals surface area contributed by atoms with Crippen molar-refractivity contribution in [3.63, 3.8) is 0 Å². The van der Waals surface area contributed by atoms with Crippen LogP contribution < -0.4 is 10.2 Å². The van der Waals surface area contributed by atoms with Gasteiger partial charge in [-0.05, 0) is 37.7 Å². The lowest BCUT2D eigenvalue weighted by atomic mass is 9.87. The zero-order valence-corrected chi connectivity index (χ0v) is 13.7. The summed E-state index contributed by atoms with van der Waals surface area (Å²) < 4.78 is 14.7. The molecular formula is C17H28FN3. The molecule has 0 aromatic carbocycles. The smallest absolute Gasteiger partial charge is 0.170 e. The fraction of sp³-hybridized carbons (Fsp3) is 0.706. The second-order valence-electron chi connectivity index (χ2n) is 6.67. The molecule has 0 amide bonds. The van der Waals surface area contributed by atoms with Crippen LogP contribution in [0.5, 0.6) is 0 Å². The van der Waals surface area contributed by atoms with Crippen LogP contribution in [0.2, 0.25) is 0 Å². The number of hydrogen-bond acceptors (Lipinski definition) is 3. The molecule has 1 aromatic rings. The summed E-state index contributed by atoms with van der Waals surface area (Å²) in [7, 11) is 1.98. The highest BCUT2D eigenvalue weighted by molar-refractivity contribution is 5.43. The summed E-state index contributed by atoms with van der Waals surface area (Å²) in [5.41, 5.74) is 0.699. The van der Waals surface area contributed by atoms with E-state index in [9.17, 15) is 4.39 Å². The quantitative estimate of drug-likeness (QED) is 0.896. The standard InChI is InChI=1S/C17H28FN3/c1-12(2)20-11-14-9-10-19-17(16(14)18)21(4)15-7-5-13(3)6-8-15/h9-10,12-13,15,20H,5-8,11H2,1-4H3. The van der Waals surface area contributed by atoms with Crippen molar-refractivity contribution in [1.82, 2.24) is 10.3 Å². The molecule has 3 nitrogen and oxygen atoms in total. The van der Waals surface area contributed by atoms with Gasteiger partial charge in [-0.25, -0.2) is 9.37 Å². The Morgan fingerprint density at radius 3 is 2.62 bits per heavy atom. The molecule has 0 saturated heterocycles. The zero-order valence-electron chi connectivity index (χ0n) is 13.7. The third-order valence-electron chi connectivity index (χ3n) is 4.52. The first kappa shape index (κ1) is 16.2. The molecule has 0 atom stereocenters. The largest absolute Gasteiger partial charge is 0.354 e. The Bertz CT molecular complexity index is 453. The third kappa shape index (κ3) is 4.16. The van der Waals surface area contributed by atoms with E-state index in [0.29, 0.717) is 30.0 Å². The van der Waals surface area contributed by atoms with Crippen LogP contribution in [0.25, 0.3) is 0 Å². The van der Waals surface area contributed by atoms with Crippen molar-refractivity contribution in [2.75, 3.05) is 11.9 Å². The summed E-state index contributed by atoms with van der Waals surface area (Å²) in [5.74, 6) is 1.12. The van der Waals surface area contributed by atoms with E-state index in [-0.39, 0.29) is 5.82 Å².